The Morgan fingerprint density at radius 1 is 1.60 bits per heavy atom. The molecule has 0 aromatic carbocycles. The quantitative estimate of drug-likeness (QED) is 0.832. The van der Waals surface area contributed by atoms with Crippen LogP contribution in [-0.2, 0) is 10.3 Å². The Morgan fingerprint density at radius 3 is 2.73 bits per heavy atom. The van der Waals surface area contributed by atoms with Gasteiger partial charge >= 0.3 is 5.97 Å². The van der Waals surface area contributed by atoms with Crippen LogP contribution < -0.4 is 0 Å². The van der Waals surface area contributed by atoms with E-state index in [0.29, 0.717) is 12.8 Å². The van der Waals surface area contributed by atoms with E-state index >= 15 is 0 Å². The van der Waals surface area contributed by atoms with E-state index in [1.54, 1.807) is 11.8 Å². The molecule has 1 aliphatic rings. The summed E-state index contributed by atoms with van der Waals surface area (Å²) in [6, 6.07) is 0. The lowest BCUT2D eigenvalue weighted by molar-refractivity contribution is -0.148. The summed E-state index contributed by atoms with van der Waals surface area (Å²) in [5.74, 6) is 0.126. The maximum absolute atomic E-state index is 12.8. The molecule has 0 saturated carbocycles. The predicted molar refractivity (Wildman–Crippen MR) is 54.4 cm³/mol. The van der Waals surface area contributed by atoms with Gasteiger partial charge in [-0.2, -0.15) is 16.9 Å². The largest absolute Gasteiger partial charge is 0.479 e. The van der Waals surface area contributed by atoms with Crippen LogP contribution in [0, 0.1) is 5.82 Å². The first-order valence-corrected chi connectivity index (χ1v) is 5.82. The summed E-state index contributed by atoms with van der Waals surface area (Å²) in [5.41, 5.74) is -1.05. The van der Waals surface area contributed by atoms with Crippen molar-refractivity contribution >= 4 is 17.7 Å². The average Bonchev–Trinajstić information content (AvgIpc) is 2.66. The third-order valence-electron chi connectivity index (χ3n) is 2.71. The highest BCUT2D eigenvalue weighted by Gasteiger charge is 2.42. The standard InChI is InChI=1S/C9H11FN2O2S/c10-7-5-11-12(6-7)9(8(13)14)1-3-15-4-2-9/h5-6H,1-4H2,(H,13,14). The van der Waals surface area contributed by atoms with E-state index in [1.807, 2.05) is 0 Å². The van der Waals surface area contributed by atoms with Gasteiger partial charge in [0.1, 0.15) is 0 Å². The van der Waals surface area contributed by atoms with Crippen molar-refractivity contribution in [2.24, 2.45) is 0 Å². The summed E-state index contributed by atoms with van der Waals surface area (Å²) >= 11 is 1.72. The first-order chi connectivity index (χ1) is 7.15. The molecule has 2 rings (SSSR count). The lowest BCUT2D eigenvalue weighted by Gasteiger charge is -2.32. The molecule has 1 aliphatic heterocycles. The summed E-state index contributed by atoms with van der Waals surface area (Å²) in [5, 5.41) is 13.0. The minimum Gasteiger partial charge on any atom is -0.479 e. The van der Waals surface area contributed by atoms with E-state index in [0.717, 1.165) is 23.9 Å². The summed E-state index contributed by atoms with van der Waals surface area (Å²) < 4.78 is 14.1. The maximum Gasteiger partial charge on any atom is 0.331 e. The molecular formula is C9H11FN2O2S. The van der Waals surface area contributed by atoms with Gasteiger partial charge in [-0.15, -0.1) is 0 Å². The number of carboxylic acids is 1. The zero-order valence-electron chi connectivity index (χ0n) is 8.02. The number of nitrogens with zero attached hydrogens (tertiary/aromatic N) is 2. The highest BCUT2D eigenvalue weighted by atomic mass is 32.2. The Bertz CT molecular complexity index is 374. The Hall–Kier alpha value is -1.04. The lowest BCUT2D eigenvalue weighted by Crippen LogP contribution is -2.45. The van der Waals surface area contributed by atoms with Crippen LogP contribution >= 0.6 is 11.8 Å². The van der Waals surface area contributed by atoms with Gasteiger partial charge in [0.2, 0.25) is 0 Å². The van der Waals surface area contributed by atoms with Crippen molar-refractivity contribution in [1.29, 1.82) is 0 Å². The number of carbonyl (C=O) groups is 1. The molecular weight excluding hydrogens is 219 g/mol. The summed E-state index contributed by atoms with van der Waals surface area (Å²) in [6.45, 7) is 0. The van der Waals surface area contributed by atoms with Gasteiger partial charge in [0.05, 0.1) is 12.4 Å². The molecule has 0 bridgehead atoms. The number of rotatable bonds is 2. The van der Waals surface area contributed by atoms with Gasteiger partial charge in [-0.1, -0.05) is 0 Å². The molecule has 1 aromatic heterocycles. The fourth-order valence-electron chi connectivity index (χ4n) is 1.78. The fourth-order valence-corrected chi connectivity index (χ4v) is 2.95. The summed E-state index contributed by atoms with van der Waals surface area (Å²) in [6.07, 6.45) is 3.19. The summed E-state index contributed by atoms with van der Waals surface area (Å²) in [7, 11) is 0. The smallest absolute Gasteiger partial charge is 0.331 e. The van der Waals surface area contributed by atoms with Crippen molar-refractivity contribution in [3.8, 4) is 0 Å². The molecule has 0 atom stereocenters. The second kappa shape index (κ2) is 3.84. The van der Waals surface area contributed by atoms with Gasteiger partial charge in [-0.3, -0.25) is 4.68 Å². The van der Waals surface area contributed by atoms with Crippen LogP contribution in [0.15, 0.2) is 12.4 Å². The zero-order valence-corrected chi connectivity index (χ0v) is 8.84. The van der Waals surface area contributed by atoms with Crippen molar-refractivity contribution in [1.82, 2.24) is 9.78 Å². The van der Waals surface area contributed by atoms with E-state index < -0.39 is 17.3 Å². The monoisotopic (exact) mass is 230 g/mol. The molecule has 0 unspecified atom stereocenters. The van der Waals surface area contributed by atoms with Crippen LogP contribution in [0.5, 0.6) is 0 Å². The van der Waals surface area contributed by atoms with E-state index in [2.05, 4.69) is 5.10 Å². The number of hydrogen-bond donors (Lipinski definition) is 1. The molecule has 1 saturated heterocycles. The number of aromatic nitrogens is 2. The summed E-state index contributed by atoms with van der Waals surface area (Å²) in [4.78, 5) is 11.3. The van der Waals surface area contributed by atoms with Crippen LogP contribution in [0.4, 0.5) is 4.39 Å². The van der Waals surface area contributed by atoms with Crippen molar-refractivity contribution in [3.05, 3.63) is 18.2 Å². The van der Waals surface area contributed by atoms with Crippen LogP contribution in [0.3, 0.4) is 0 Å². The number of hydrogen-bond acceptors (Lipinski definition) is 3. The van der Waals surface area contributed by atoms with Gasteiger partial charge in [0, 0.05) is 0 Å². The first-order valence-electron chi connectivity index (χ1n) is 4.67. The van der Waals surface area contributed by atoms with E-state index in [9.17, 15) is 14.3 Å². The van der Waals surface area contributed by atoms with Crippen LogP contribution in [0.2, 0.25) is 0 Å². The molecule has 6 heteroatoms. The number of carboxylic acid groups (broad SMARTS) is 1. The Morgan fingerprint density at radius 2 is 2.27 bits per heavy atom. The average molecular weight is 230 g/mol. The Labute approximate surface area is 90.5 Å². The minimum absolute atomic E-state index is 0.492. The Kier molecular flexibility index (Phi) is 2.68. The van der Waals surface area contributed by atoms with Gasteiger partial charge in [0.15, 0.2) is 11.4 Å². The third-order valence-corrected chi connectivity index (χ3v) is 3.69. The van der Waals surface area contributed by atoms with Crippen molar-refractivity contribution in [2.45, 2.75) is 18.4 Å². The Balaban J connectivity index is 2.37. The van der Waals surface area contributed by atoms with Gasteiger partial charge < -0.3 is 5.11 Å². The minimum atomic E-state index is -1.05. The molecule has 15 heavy (non-hydrogen) atoms. The number of halogens is 1. The lowest BCUT2D eigenvalue weighted by atomic mass is 9.93. The number of thioether (sulfide) groups is 1. The molecule has 0 spiro atoms. The van der Waals surface area contributed by atoms with Crippen molar-refractivity contribution in [2.75, 3.05) is 11.5 Å². The van der Waals surface area contributed by atoms with E-state index in [1.165, 1.54) is 4.68 Å². The van der Waals surface area contributed by atoms with Gasteiger partial charge in [-0.05, 0) is 24.3 Å². The SMILES string of the molecule is O=C(O)C1(n2cc(F)cn2)CCSCC1. The van der Waals surface area contributed by atoms with Crippen LogP contribution in [0.1, 0.15) is 12.8 Å². The molecule has 1 N–H and O–H groups in total. The van der Waals surface area contributed by atoms with Crippen molar-refractivity contribution in [3.63, 3.8) is 0 Å². The third kappa shape index (κ3) is 1.73. The van der Waals surface area contributed by atoms with Gasteiger partial charge in [0.25, 0.3) is 0 Å². The second-order valence-electron chi connectivity index (χ2n) is 3.55. The molecule has 82 valence electrons. The molecule has 2 heterocycles. The predicted octanol–water partition coefficient (Wildman–Crippen LogP) is 1.33. The molecule has 0 aliphatic carbocycles. The molecule has 0 radical (unpaired) electrons. The zero-order chi connectivity index (χ0) is 10.9. The highest BCUT2D eigenvalue weighted by Crippen LogP contribution is 2.33. The van der Waals surface area contributed by atoms with Crippen molar-refractivity contribution < 1.29 is 14.3 Å². The van der Waals surface area contributed by atoms with E-state index in [-0.39, 0.29) is 0 Å². The second-order valence-corrected chi connectivity index (χ2v) is 4.78. The number of aliphatic carboxylic acids is 1. The molecule has 0 amide bonds. The van der Waals surface area contributed by atoms with Crippen LogP contribution in [0.25, 0.3) is 0 Å². The normalized spacial score (nSPS) is 20.1. The highest BCUT2D eigenvalue weighted by molar-refractivity contribution is 7.99. The van der Waals surface area contributed by atoms with Gasteiger partial charge in [-0.25, -0.2) is 9.18 Å². The first kappa shape index (κ1) is 10.5. The molecule has 1 fully saturated rings. The maximum atomic E-state index is 12.8. The molecule has 1 aromatic rings. The molecule has 4 nitrogen and oxygen atoms in total. The topological polar surface area (TPSA) is 55.1 Å². The van der Waals surface area contributed by atoms with E-state index in [4.69, 9.17) is 0 Å². The van der Waals surface area contributed by atoms with Crippen LogP contribution in [-0.4, -0.2) is 32.4 Å². The fraction of sp³-hybridized carbons (Fsp3) is 0.556.